The van der Waals surface area contributed by atoms with Gasteiger partial charge in [0, 0.05) is 24.4 Å². The number of carbonyl (C=O) groups is 1. The first-order valence-electron chi connectivity index (χ1n) is 11.4. The third-order valence-electron chi connectivity index (χ3n) is 6.50. The minimum Gasteiger partial charge on any atom is -0.317 e. The Labute approximate surface area is 189 Å². The minimum atomic E-state index is -0.364. The van der Waals surface area contributed by atoms with Crippen LogP contribution in [0.1, 0.15) is 59.1 Å². The van der Waals surface area contributed by atoms with Gasteiger partial charge in [-0.15, -0.1) is 0 Å². The summed E-state index contributed by atoms with van der Waals surface area (Å²) in [5.41, 5.74) is 3.00. The molecule has 2 aliphatic rings. The molecular formula is C24H24FN7O. The molecule has 4 aromatic rings. The standard InChI is InChI=1S/C24H24FN7O/c25-19-12-17(15-2-3-15)4-5-21(19)32-22(13-20(30-32)16-6-9-26-10-7-16)29-24(33)18-14-28-31-11-1-8-27-23(18)31/h1,4-5,8,11-16,26H,2-3,6-7,9-10H2,(H,29,33). The molecule has 3 aromatic heterocycles. The van der Waals surface area contributed by atoms with Gasteiger partial charge in [-0.25, -0.2) is 18.6 Å². The predicted octanol–water partition coefficient (Wildman–Crippen LogP) is 3.65. The van der Waals surface area contributed by atoms with Crippen molar-refractivity contribution in [2.45, 2.75) is 37.5 Å². The Morgan fingerprint density at radius 1 is 1.12 bits per heavy atom. The Morgan fingerprint density at radius 2 is 1.97 bits per heavy atom. The van der Waals surface area contributed by atoms with E-state index in [0.29, 0.717) is 28.6 Å². The van der Waals surface area contributed by atoms with Crippen molar-refractivity contribution in [3.05, 3.63) is 71.6 Å². The molecule has 8 nitrogen and oxygen atoms in total. The van der Waals surface area contributed by atoms with Gasteiger partial charge in [0.2, 0.25) is 0 Å². The fourth-order valence-corrected chi connectivity index (χ4v) is 4.53. The zero-order valence-electron chi connectivity index (χ0n) is 18.0. The normalized spacial score (nSPS) is 16.9. The summed E-state index contributed by atoms with van der Waals surface area (Å²) >= 11 is 0. The van der Waals surface area contributed by atoms with Crippen molar-refractivity contribution in [1.82, 2.24) is 29.7 Å². The molecule has 1 aliphatic carbocycles. The monoisotopic (exact) mass is 445 g/mol. The molecule has 9 heteroatoms. The second-order valence-electron chi connectivity index (χ2n) is 8.78. The first-order chi connectivity index (χ1) is 16.2. The molecule has 0 bridgehead atoms. The van der Waals surface area contributed by atoms with E-state index < -0.39 is 0 Å². The molecule has 2 N–H and O–H groups in total. The lowest BCUT2D eigenvalue weighted by Crippen LogP contribution is -2.26. The molecule has 6 rings (SSSR count). The maximum absolute atomic E-state index is 15.2. The predicted molar refractivity (Wildman–Crippen MR) is 121 cm³/mol. The van der Waals surface area contributed by atoms with Crippen molar-refractivity contribution in [3.63, 3.8) is 0 Å². The van der Waals surface area contributed by atoms with Gasteiger partial charge < -0.3 is 10.6 Å². The van der Waals surface area contributed by atoms with Crippen LogP contribution in [0.2, 0.25) is 0 Å². The van der Waals surface area contributed by atoms with Gasteiger partial charge in [-0.2, -0.15) is 10.2 Å². The Hall–Kier alpha value is -3.59. The highest BCUT2D eigenvalue weighted by atomic mass is 19.1. The molecule has 0 atom stereocenters. The third-order valence-corrected chi connectivity index (χ3v) is 6.50. The van der Waals surface area contributed by atoms with E-state index >= 15 is 4.39 Å². The summed E-state index contributed by atoms with van der Waals surface area (Å²) in [7, 11) is 0. The van der Waals surface area contributed by atoms with Gasteiger partial charge in [0.25, 0.3) is 5.91 Å². The Morgan fingerprint density at radius 3 is 2.76 bits per heavy atom. The average Bonchev–Trinajstić information content (AvgIpc) is 3.48. The summed E-state index contributed by atoms with van der Waals surface area (Å²) in [5, 5.41) is 15.2. The summed E-state index contributed by atoms with van der Waals surface area (Å²) in [4.78, 5) is 17.4. The van der Waals surface area contributed by atoms with Crippen molar-refractivity contribution < 1.29 is 9.18 Å². The van der Waals surface area contributed by atoms with Crippen molar-refractivity contribution in [1.29, 1.82) is 0 Å². The van der Waals surface area contributed by atoms with Crippen LogP contribution < -0.4 is 10.6 Å². The number of carbonyl (C=O) groups excluding carboxylic acids is 1. The van der Waals surface area contributed by atoms with E-state index in [4.69, 9.17) is 5.10 Å². The number of nitrogens with zero attached hydrogens (tertiary/aromatic N) is 5. The fourth-order valence-electron chi connectivity index (χ4n) is 4.53. The molecule has 33 heavy (non-hydrogen) atoms. The van der Waals surface area contributed by atoms with Gasteiger partial charge in [0.1, 0.15) is 22.9 Å². The molecule has 1 amide bonds. The van der Waals surface area contributed by atoms with Crippen LogP contribution in [0.25, 0.3) is 11.3 Å². The zero-order chi connectivity index (χ0) is 22.4. The number of hydrogen-bond acceptors (Lipinski definition) is 5. The number of halogens is 1. The van der Waals surface area contributed by atoms with Crippen molar-refractivity contribution >= 4 is 17.4 Å². The van der Waals surface area contributed by atoms with E-state index in [1.807, 2.05) is 12.1 Å². The fraction of sp³-hybridized carbons (Fsp3) is 0.333. The molecule has 1 aromatic carbocycles. The molecule has 1 saturated heterocycles. The van der Waals surface area contributed by atoms with Gasteiger partial charge in [0.15, 0.2) is 5.65 Å². The first kappa shape index (κ1) is 20.0. The van der Waals surface area contributed by atoms with Gasteiger partial charge in [0.05, 0.1) is 11.9 Å². The molecular weight excluding hydrogens is 421 g/mol. The number of benzene rings is 1. The molecule has 1 saturated carbocycles. The number of nitrogens with one attached hydrogen (secondary N) is 2. The summed E-state index contributed by atoms with van der Waals surface area (Å²) in [6, 6.07) is 8.93. The van der Waals surface area contributed by atoms with Gasteiger partial charge >= 0.3 is 0 Å². The van der Waals surface area contributed by atoms with Crippen molar-refractivity contribution in [3.8, 4) is 5.69 Å². The SMILES string of the molecule is O=C(Nc1cc(C2CCNCC2)nn1-c1ccc(C2CC2)cc1F)c1cnn2cccnc12. The van der Waals surface area contributed by atoms with Crippen LogP contribution >= 0.6 is 0 Å². The quantitative estimate of drug-likeness (QED) is 0.490. The Bertz CT molecular complexity index is 1330. The lowest BCUT2D eigenvalue weighted by Gasteiger charge is -2.20. The number of piperidine rings is 1. The molecule has 2 fully saturated rings. The van der Waals surface area contributed by atoms with Crippen LogP contribution in [0.5, 0.6) is 0 Å². The highest BCUT2D eigenvalue weighted by Gasteiger charge is 2.26. The molecule has 4 heterocycles. The van der Waals surface area contributed by atoms with Gasteiger partial charge in [-0.05, 0) is 68.5 Å². The Balaban J connectivity index is 1.38. The summed E-state index contributed by atoms with van der Waals surface area (Å²) in [6.07, 6.45) is 8.94. The lowest BCUT2D eigenvalue weighted by molar-refractivity contribution is 0.102. The third kappa shape index (κ3) is 3.78. The number of amides is 1. The molecule has 0 unspecified atom stereocenters. The van der Waals surface area contributed by atoms with E-state index in [1.165, 1.54) is 10.9 Å². The van der Waals surface area contributed by atoms with E-state index in [0.717, 1.165) is 50.0 Å². The van der Waals surface area contributed by atoms with Crippen LogP contribution in [0.15, 0.2) is 48.9 Å². The number of anilines is 1. The summed E-state index contributed by atoms with van der Waals surface area (Å²) < 4.78 is 18.2. The number of aromatic nitrogens is 5. The number of rotatable bonds is 5. The van der Waals surface area contributed by atoms with E-state index in [2.05, 4.69) is 20.7 Å². The number of hydrogen-bond donors (Lipinski definition) is 2. The summed E-state index contributed by atoms with van der Waals surface area (Å²) in [6.45, 7) is 1.83. The summed E-state index contributed by atoms with van der Waals surface area (Å²) in [5.74, 6) is 0.445. The minimum absolute atomic E-state index is 0.260. The smallest absolute Gasteiger partial charge is 0.262 e. The van der Waals surface area contributed by atoms with Crippen LogP contribution in [-0.4, -0.2) is 43.4 Å². The second kappa shape index (κ2) is 8.08. The van der Waals surface area contributed by atoms with E-state index in [1.54, 1.807) is 35.1 Å². The highest BCUT2D eigenvalue weighted by molar-refractivity contribution is 6.07. The lowest BCUT2D eigenvalue weighted by atomic mass is 9.95. The van der Waals surface area contributed by atoms with Gasteiger partial charge in [-0.1, -0.05) is 6.07 Å². The molecule has 168 valence electrons. The maximum atomic E-state index is 15.2. The maximum Gasteiger partial charge on any atom is 0.262 e. The largest absolute Gasteiger partial charge is 0.317 e. The topological polar surface area (TPSA) is 89.1 Å². The van der Waals surface area contributed by atoms with Gasteiger partial charge in [-0.3, -0.25) is 4.79 Å². The first-order valence-corrected chi connectivity index (χ1v) is 11.4. The average molecular weight is 446 g/mol. The second-order valence-corrected chi connectivity index (χ2v) is 8.78. The van der Waals surface area contributed by atoms with Crippen LogP contribution in [-0.2, 0) is 0 Å². The number of fused-ring (bicyclic) bond motifs is 1. The Kier molecular flexibility index (Phi) is 4.91. The van der Waals surface area contributed by atoms with Crippen LogP contribution in [0, 0.1) is 5.82 Å². The molecule has 0 radical (unpaired) electrons. The van der Waals surface area contributed by atoms with Crippen molar-refractivity contribution in [2.75, 3.05) is 18.4 Å². The van der Waals surface area contributed by atoms with Crippen molar-refractivity contribution in [2.24, 2.45) is 0 Å². The van der Waals surface area contributed by atoms with Crippen LogP contribution in [0.4, 0.5) is 10.2 Å². The highest BCUT2D eigenvalue weighted by Crippen LogP contribution is 2.41. The van der Waals surface area contributed by atoms with E-state index in [-0.39, 0.29) is 17.6 Å². The zero-order valence-corrected chi connectivity index (χ0v) is 18.0. The molecule has 1 aliphatic heterocycles. The van der Waals surface area contributed by atoms with Crippen LogP contribution in [0.3, 0.4) is 0 Å². The molecule has 0 spiro atoms. The van der Waals surface area contributed by atoms with E-state index in [9.17, 15) is 4.79 Å².